The molecule has 0 radical (unpaired) electrons. The third-order valence-electron chi connectivity index (χ3n) is 3.71. The summed E-state index contributed by atoms with van der Waals surface area (Å²) in [5, 5.41) is 6.83. The van der Waals surface area contributed by atoms with Gasteiger partial charge in [0.25, 0.3) is 0 Å². The zero-order chi connectivity index (χ0) is 13.8. The molecule has 1 aromatic rings. The zero-order valence-electron chi connectivity index (χ0n) is 12.3. The topological polar surface area (TPSA) is 42.5 Å². The Bertz CT molecular complexity index is 446. The van der Waals surface area contributed by atoms with Crippen LogP contribution in [0.3, 0.4) is 0 Å². The molecule has 106 valence electrons. The maximum absolute atomic E-state index is 5.67. The van der Waals surface area contributed by atoms with E-state index >= 15 is 0 Å². The fourth-order valence-electron chi connectivity index (χ4n) is 2.82. The normalized spacial score (nSPS) is 18.0. The molecule has 0 saturated carbocycles. The summed E-state index contributed by atoms with van der Waals surface area (Å²) < 4.78 is 11.2. The third-order valence-corrected chi connectivity index (χ3v) is 3.71. The maximum atomic E-state index is 5.67. The second-order valence-corrected chi connectivity index (χ2v) is 4.87. The molecule has 0 aromatic heterocycles. The van der Waals surface area contributed by atoms with E-state index in [0.717, 1.165) is 37.6 Å². The zero-order valence-corrected chi connectivity index (χ0v) is 12.3. The Balaban J connectivity index is 2.52. The predicted molar refractivity (Wildman–Crippen MR) is 77.0 cm³/mol. The Morgan fingerprint density at radius 1 is 1.37 bits per heavy atom. The fourth-order valence-corrected chi connectivity index (χ4v) is 2.82. The van der Waals surface area contributed by atoms with Crippen LogP contribution in [0.1, 0.15) is 36.6 Å². The van der Waals surface area contributed by atoms with Gasteiger partial charge in [0.2, 0.25) is 0 Å². The average Bonchev–Trinajstić information content (AvgIpc) is 2.43. The highest BCUT2D eigenvalue weighted by molar-refractivity contribution is 5.56. The van der Waals surface area contributed by atoms with E-state index < -0.39 is 0 Å². The number of hydrogen-bond acceptors (Lipinski definition) is 4. The van der Waals surface area contributed by atoms with E-state index in [4.69, 9.17) is 9.47 Å². The van der Waals surface area contributed by atoms with Gasteiger partial charge in [-0.25, -0.2) is 0 Å². The van der Waals surface area contributed by atoms with E-state index in [1.165, 1.54) is 16.7 Å². The van der Waals surface area contributed by atoms with Crippen molar-refractivity contribution < 1.29 is 9.47 Å². The molecular weight excluding hydrogens is 240 g/mol. The van der Waals surface area contributed by atoms with Gasteiger partial charge in [-0.3, -0.25) is 0 Å². The van der Waals surface area contributed by atoms with Crippen molar-refractivity contribution in [1.29, 1.82) is 0 Å². The Kier molecular flexibility index (Phi) is 4.66. The first-order chi connectivity index (χ1) is 9.22. The molecule has 0 bridgehead atoms. The van der Waals surface area contributed by atoms with Crippen molar-refractivity contribution in [3.63, 3.8) is 0 Å². The van der Waals surface area contributed by atoms with Gasteiger partial charge >= 0.3 is 0 Å². The van der Waals surface area contributed by atoms with Gasteiger partial charge in [0.1, 0.15) is 11.5 Å². The van der Waals surface area contributed by atoms with Gasteiger partial charge in [-0.15, -0.1) is 0 Å². The van der Waals surface area contributed by atoms with Gasteiger partial charge in [-0.05, 0) is 32.5 Å². The monoisotopic (exact) mass is 264 g/mol. The van der Waals surface area contributed by atoms with Crippen LogP contribution in [0.25, 0.3) is 0 Å². The van der Waals surface area contributed by atoms with E-state index in [9.17, 15) is 0 Å². The highest BCUT2D eigenvalue weighted by Crippen LogP contribution is 2.40. The molecule has 2 N–H and O–H groups in total. The van der Waals surface area contributed by atoms with Gasteiger partial charge < -0.3 is 20.1 Å². The molecule has 0 spiro atoms. The van der Waals surface area contributed by atoms with Crippen LogP contribution in [-0.2, 0) is 13.0 Å². The van der Waals surface area contributed by atoms with Crippen molar-refractivity contribution in [2.45, 2.75) is 32.9 Å². The molecule has 4 nitrogen and oxygen atoms in total. The second kappa shape index (κ2) is 6.26. The lowest BCUT2D eigenvalue weighted by atomic mass is 9.91. The summed E-state index contributed by atoms with van der Waals surface area (Å²) in [6.45, 7) is 7.02. The Labute approximate surface area is 115 Å². The summed E-state index contributed by atoms with van der Waals surface area (Å²) in [6.07, 6.45) is 0.985. The largest absolute Gasteiger partial charge is 0.496 e. The van der Waals surface area contributed by atoms with Crippen LogP contribution in [-0.4, -0.2) is 27.3 Å². The minimum absolute atomic E-state index is 0.306. The summed E-state index contributed by atoms with van der Waals surface area (Å²) in [6, 6.07) is 2.41. The van der Waals surface area contributed by atoms with Crippen LogP contribution in [0.4, 0.5) is 0 Å². The quantitative estimate of drug-likeness (QED) is 0.854. The molecule has 0 fully saturated rings. The molecule has 0 aliphatic carbocycles. The van der Waals surface area contributed by atoms with E-state index in [1.54, 1.807) is 14.2 Å². The van der Waals surface area contributed by atoms with Crippen LogP contribution >= 0.6 is 0 Å². The number of nitrogens with one attached hydrogen (secondary N) is 2. The van der Waals surface area contributed by atoms with E-state index in [1.807, 2.05) is 0 Å². The smallest absolute Gasteiger partial charge is 0.127 e. The molecule has 0 amide bonds. The Morgan fingerprint density at radius 2 is 2.16 bits per heavy atom. The Hall–Kier alpha value is -1.26. The average molecular weight is 264 g/mol. The first-order valence-corrected chi connectivity index (χ1v) is 6.93. The molecule has 1 heterocycles. The summed E-state index contributed by atoms with van der Waals surface area (Å²) in [5.74, 6) is 1.98. The molecule has 0 saturated heterocycles. The van der Waals surface area contributed by atoms with Crippen molar-refractivity contribution in [1.82, 2.24) is 10.6 Å². The van der Waals surface area contributed by atoms with Gasteiger partial charge in [-0.2, -0.15) is 0 Å². The minimum atomic E-state index is 0.306. The number of methoxy groups -OCH3 is 2. The second-order valence-electron chi connectivity index (χ2n) is 4.87. The SMILES string of the molecule is CCNCc1cc(OC)c2c(c1OC)CCNC2C. The van der Waals surface area contributed by atoms with E-state index in [0.29, 0.717) is 6.04 Å². The molecule has 4 heteroatoms. The van der Waals surface area contributed by atoms with Crippen LogP contribution < -0.4 is 20.1 Å². The summed E-state index contributed by atoms with van der Waals surface area (Å²) in [5.41, 5.74) is 3.71. The summed E-state index contributed by atoms with van der Waals surface area (Å²) in [4.78, 5) is 0. The van der Waals surface area contributed by atoms with Crippen LogP contribution in [0.2, 0.25) is 0 Å². The van der Waals surface area contributed by atoms with Crippen LogP contribution in [0.5, 0.6) is 11.5 Å². The lowest BCUT2D eigenvalue weighted by Gasteiger charge is -2.29. The van der Waals surface area contributed by atoms with Gasteiger partial charge in [0.05, 0.1) is 14.2 Å². The van der Waals surface area contributed by atoms with Crippen LogP contribution in [0, 0.1) is 0 Å². The fraction of sp³-hybridized carbons (Fsp3) is 0.600. The molecule has 1 aromatic carbocycles. The van der Waals surface area contributed by atoms with Crippen LogP contribution in [0.15, 0.2) is 6.07 Å². The first-order valence-electron chi connectivity index (χ1n) is 6.93. The van der Waals surface area contributed by atoms with Crippen molar-refractivity contribution >= 4 is 0 Å². The molecule has 1 atom stereocenters. The maximum Gasteiger partial charge on any atom is 0.127 e. The van der Waals surface area contributed by atoms with Crippen molar-refractivity contribution in [3.05, 3.63) is 22.8 Å². The molecule has 1 aliphatic rings. The number of rotatable bonds is 5. The highest BCUT2D eigenvalue weighted by atomic mass is 16.5. The summed E-state index contributed by atoms with van der Waals surface area (Å²) >= 11 is 0. The minimum Gasteiger partial charge on any atom is -0.496 e. The molecule has 1 aliphatic heterocycles. The molecular formula is C15H24N2O2. The lowest BCUT2D eigenvalue weighted by molar-refractivity contribution is 0.374. The van der Waals surface area contributed by atoms with Gasteiger partial charge in [-0.1, -0.05) is 6.92 Å². The number of hydrogen-bond donors (Lipinski definition) is 2. The highest BCUT2D eigenvalue weighted by Gasteiger charge is 2.25. The number of ether oxygens (including phenoxy) is 2. The summed E-state index contributed by atoms with van der Waals surface area (Å²) in [7, 11) is 3.49. The van der Waals surface area contributed by atoms with E-state index in [-0.39, 0.29) is 0 Å². The van der Waals surface area contributed by atoms with Crippen molar-refractivity contribution in [2.24, 2.45) is 0 Å². The predicted octanol–water partition coefficient (Wildman–Crippen LogP) is 2.02. The Morgan fingerprint density at radius 3 is 2.79 bits per heavy atom. The number of benzene rings is 1. The molecule has 1 unspecified atom stereocenters. The third kappa shape index (κ3) is 2.69. The van der Waals surface area contributed by atoms with Gasteiger partial charge in [0.15, 0.2) is 0 Å². The molecule has 19 heavy (non-hydrogen) atoms. The lowest BCUT2D eigenvalue weighted by Crippen LogP contribution is -2.29. The van der Waals surface area contributed by atoms with Crippen molar-refractivity contribution in [3.8, 4) is 11.5 Å². The van der Waals surface area contributed by atoms with E-state index in [2.05, 4.69) is 30.5 Å². The number of fused-ring (bicyclic) bond motifs is 1. The standard InChI is InChI=1S/C15H24N2O2/c1-5-16-9-11-8-13(18-3)14-10(2)17-7-6-12(14)15(11)19-4/h8,10,16-17H,5-7,9H2,1-4H3. The van der Waals surface area contributed by atoms with Gasteiger partial charge in [0, 0.05) is 29.3 Å². The molecule has 2 rings (SSSR count). The first kappa shape index (κ1) is 14.2. The van der Waals surface area contributed by atoms with Crippen molar-refractivity contribution in [2.75, 3.05) is 27.3 Å².